The van der Waals surface area contributed by atoms with Crippen molar-refractivity contribution in [3.05, 3.63) is 0 Å². The fourth-order valence-electron chi connectivity index (χ4n) is 3.48. The fraction of sp³-hybridized carbons (Fsp3) is 0.882. The highest BCUT2D eigenvalue weighted by molar-refractivity contribution is 5.86. The molecule has 3 atom stereocenters. The summed E-state index contributed by atoms with van der Waals surface area (Å²) in [5, 5.41) is 0. The van der Waals surface area contributed by atoms with Gasteiger partial charge in [-0.3, -0.25) is 14.6 Å². The van der Waals surface area contributed by atoms with E-state index >= 15 is 0 Å². The van der Waals surface area contributed by atoms with Crippen molar-refractivity contribution in [2.45, 2.75) is 63.6 Å². The number of nitrogens with zero attached hydrogens (tertiary/aromatic N) is 3. The summed E-state index contributed by atoms with van der Waals surface area (Å²) in [6.45, 7) is 4.09. The van der Waals surface area contributed by atoms with E-state index in [1.54, 1.807) is 20.8 Å². The first-order valence-electron chi connectivity index (χ1n) is 8.96. The summed E-state index contributed by atoms with van der Waals surface area (Å²) in [6, 6.07) is -1.41. The van der Waals surface area contributed by atoms with Crippen LogP contribution in [0.2, 0.25) is 0 Å². The monoisotopic (exact) mass is 397 g/mol. The molecule has 2 saturated heterocycles. The average Bonchev–Trinajstić information content (AvgIpc) is 3.09. The molecule has 0 aromatic heterocycles. The van der Waals surface area contributed by atoms with Crippen molar-refractivity contribution in [2.24, 2.45) is 0 Å². The highest BCUT2D eigenvalue weighted by Crippen LogP contribution is 2.27. The SMILES string of the molecule is CN(C(=O)[C@@H]1C[C@@H](F)CN1C(=O)OC(C)(C)C)C1CCN(CC(F)(F)F)C1. The first kappa shape index (κ1) is 21.7. The Morgan fingerprint density at radius 1 is 1.19 bits per heavy atom. The first-order chi connectivity index (χ1) is 12.3. The lowest BCUT2D eigenvalue weighted by Crippen LogP contribution is -2.51. The number of halogens is 4. The maximum Gasteiger partial charge on any atom is 0.411 e. The van der Waals surface area contributed by atoms with Crippen LogP contribution >= 0.6 is 0 Å². The molecular weight excluding hydrogens is 370 g/mol. The molecule has 6 nitrogen and oxygen atoms in total. The van der Waals surface area contributed by atoms with Crippen LogP contribution in [0.5, 0.6) is 0 Å². The number of carbonyl (C=O) groups is 2. The highest BCUT2D eigenvalue weighted by Gasteiger charge is 2.44. The van der Waals surface area contributed by atoms with Crippen molar-refractivity contribution in [1.82, 2.24) is 14.7 Å². The fourth-order valence-corrected chi connectivity index (χ4v) is 3.48. The summed E-state index contributed by atoms with van der Waals surface area (Å²) >= 11 is 0. The smallest absolute Gasteiger partial charge is 0.411 e. The van der Waals surface area contributed by atoms with Gasteiger partial charge in [-0.1, -0.05) is 0 Å². The lowest BCUT2D eigenvalue weighted by atomic mass is 10.1. The number of likely N-dealkylation sites (tertiary alicyclic amines) is 2. The zero-order chi connectivity index (χ0) is 20.6. The molecule has 156 valence electrons. The molecule has 0 saturated carbocycles. The van der Waals surface area contributed by atoms with Crippen LogP contribution in [0.25, 0.3) is 0 Å². The van der Waals surface area contributed by atoms with Crippen LogP contribution in [0, 0.1) is 0 Å². The lowest BCUT2D eigenvalue weighted by Gasteiger charge is -2.32. The number of carbonyl (C=O) groups excluding carboxylic acids is 2. The minimum absolute atomic E-state index is 0.0972. The van der Waals surface area contributed by atoms with Gasteiger partial charge in [0.25, 0.3) is 0 Å². The number of likely N-dealkylation sites (N-methyl/N-ethyl adjacent to an activating group) is 1. The van der Waals surface area contributed by atoms with E-state index in [-0.39, 0.29) is 26.1 Å². The number of rotatable bonds is 3. The van der Waals surface area contributed by atoms with Gasteiger partial charge in [-0.2, -0.15) is 13.2 Å². The number of ether oxygens (including phenoxy) is 1. The summed E-state index contributed by atoms with van der Waals surface area (Å²) in [6.07, 6.45) is -6.14. The molecule has 2 heterocycles. The Kier molecular flexibility index (Phi) is 6.28. The minimum Gasteiger partial charge on any atom is -0.444 e. The molecule has 0 spiro atoms. The molecule has 0 aromatic rings. The van der Waals surface area contributed by atoms with Gasteiger partial charge >= 0.3 is 12.3 Å². The standard InChI is InChI=1S/C17H27F4N3O3/c1-16(2,3)27-15(26)24-8-11(18)7-13(24)14(25)22(4)12-5-6-23(9-12)10-17(19,20)21/h11-13H,5-10H2,1-4H3/t11-,12?,13+/m1/s1. The van der Waals surface area contributed by atoms with Gasteiger partial charge in [0.1, 0.15) is 17.8 Å². The van der Waals surface area contributed by atoms with Gasteiger partial charge in [-0.15, -0.1) is 0 Å². The second-order valence-corrected chi connectivity index (χ2v) is 8.22. The molecular formula is C17H27F4N3O3. The van der Waals surface area contributed by atoms with Crippen molar-refractivity contribution < 1.29 is 31.9 Å². The summed E-state index contributed by atoms with van der Waals surface area (Å²) in [4.78, 5) is 28.8. The van der Waals surface area contributed by atoms with E-state index in [2.05, 4.69) is 0 Å². The molecule has 0 radical (unpaired) electrons. The molecule has 1 unspecified atom stereocenters. The molecule has 27 heavy (non-hydrogen) atoms. The lowest BCUT2D eigenvalue weighted by molar-refractivity contribution is -0.144. The molecule has 2 amide bonds. The summed E-state index contributed by atoms with van der Waals surface area (Å²) in [5.74, 6) is -0.472. The number of hydrogen-bond donors (Lipinski definition) is 0. The normalized spacial score (nSPS) is 27.1. The van der Waals surface area contributed by atoms with Crippen LogP contribution in [-0.2, 0) is 9.53 Å². The van der Waals surface area contributed by atoms with Crippen molar-refractivity contribution in [1.29, 1.82) is 0 Å². The van der Waals surface area contributed by atoms with E-state index in [4.69, 9.17) is 4.74 Å². The van der Waals surface area contributed by atoms with Crippen LogP contribution in [0.4, 0.5) is 22.4 Å². The van der Waals surface area contributed by atoms with Crippen LogP contribution < -0.4 is 0 Å². The van der Waals surface area contributed by atoms with Crippen molar-refractivity contribution in [3.8, 4) is 0 Å². The summed E-state index contributed by atoms with van der Waals surface area (Å²) < 4.78 is 56.8. The second-order valence-electron chi connectivity index (χ2n) is 8.22. The molecule has 2 aliphatic heterocycles. The van der Waals surface area contributed by atoms with Crippen molar-refractivity contribution >= 4 is 12.0 Å². The second kappa shape index (κ2) is 7.81. The summed E-state index contributed by atoms with van der Waals surface area (Å²) in [5.41, 5.74) is -0.783. The van der Waals surface area contributed by atoms with Crippen molar-refractivity contribution in [3.63, 3.8) is 0 Å². The average molecular weight is 397 g/mol. The molecule has 10 heteroatoms. The van der Waals surface area contributed by atoms with Gasteiger partial charge in [-0.05, 0) is 27.2 Å². The molecule has 2 fully saturated rings. The van der Waals surface area contributed by atoms with Crippen LogP contribution in [-0.4, -0.2) is 90.0 Å². The van der Waals surface area contributed by atoms with E-state index in [9.17, 15) is 27.2 Å². The van der Waals surface area contributed by atoms with Gasteiger partial charge < -0.3 is 9.64 Å². The Labute approximate surface area is 156 Å². The predicted octanol–water partition coefficient (Wildman–Crippen LogP) is 2.43. The zero-order valence-electron chi connectivity index (χ0n) is 16.1. The molecule has 2 rings (SSSR count). The Morgan fingerprint density at radius 3 is 2.37 bits per heavy atom. The Balaban J connectivity index is 2.01. The zero-order valence-corrected chi connectivity index (χ0v) is 16.1. The number of alkyl halides is 4. The predicted molar refractivity (Wildman–Crippen MR) is 89.9 cm³/mol. The Bertz CT molecular complexity index is 565. The third kappa shape index (κ3) is 5.95. The summed E-state index contributed by atoms with van der Waals surface area (Å²) in [7, 11) is 1.49. The van der Waals surface area contributed by atoms with E-state index in [0.717, 1.165) is 4.90 Å². The van der Waals surface area contributed by atoms with E-state index in [1.807, 2.05) is 0 Å². The number of hydrogen-bond acceptors (Lipinski definition) is 4. The number of amides is 2. The molecule has 0 N–H and O–H groups in total. The van der Waals surface area contributed by atoms with Crippen molar-refractivity contribution in [2.75, 3.05) is 33.2 Å². The Morgan fingerprint density at radius 2 is 1.81 bits per heavy atom. The molecule has 0 aromatic carbocycles. The molecule has 0 aliphatic carbocycles. The van der Waals surface area contributed by atoms with Crippen LogP contribution in [0.15, 0.2) is 0 Å². The van der Waals surface area contributed by atoms with E-state index in [0.29, 0.717) is 6.42 Å². The maximum atomic E-state index is 13.9. The third-order valence-electron chi connectivity index (χ3n) is 4.71. The third-order valence-corrected chi connectivity index (χ3v) is 4.71. The quantitative estimate of drug-likeness (QED) is 0.687. The molecule has 0 bridgehead atoms. The Hall–Kier alpha value is -1.58. The van der Waals surface area contributed by atoms with Gasteiger partial charge in [0.05, 0.1) is 13.1 Å². The van der Waals surface area contributed by atoms with Gasteiger partial charge in [-0.25, -0.2) is 9.18 Å². The van der Waals surface area contributed by atoms with Crippen LogP contribution in [0.3, 0.4) is 0 Å². The van der Waals surface area contributed by atoms with Gasteiger partial charge in [0.15, 0.2) is 0 Å². The largest absolute Gasteiger partial charge is 0.444 e. The maximum absolute atomic E-state index is 13.9. The molecule has 2 aliphatic rings. The minimum atomic E-state index is -4.29. The highest BCUT2D eigenvalue weighted by atomic mass is 19.4. The van der Waals surface area contributed by atoms with E-state index in [1.165, 1.54) is 16.8 Å². The van der Waals surface area contributed by atoms with Gasteiger partial charge in [0, 0.05) is 32.6 Å². The topological polar surface area (TPSA) is 53.1 Å². The van der Waals surface area contributed by atoms with Gasteiger partial charge in [0.2, 0.25) is 5.91 Å². The van der Waals surface area contributed by atoms with Crippen LogP contribution in [0.1, 0.15) is 33.6 Å². The first-order valence-corrected chi connectivity index (χ1v) is 8.96. The van der Waals surface area contributed by atoms with E-state index < -0.39 is 48.6 Å².